The van der Waals surface area contributed by atoms with Gasteiger partial charge in [0.05, 0.1) is 12.1 Å². The second kappa shape index (κ2) is 6.03. The summed E-state index contributed by atoms with van der Waals surface area (Å²) in [7, 11) is 0. The van der Waals surface area contributed by atoms with Gasteiger partial charge in [0.15, 0.2) is 0 Å². The summed E-state index contributed by atoms with van der Waals surface area (Å²) in [5.41, 5.74) is 1.02. The van der Waals surface area contributed by atoms with E-state index in [4.69, 9.17) is 5.11 Å². The van der Waals surface area contributed by atoms with Crippen molar-refractivity contribution in [2.24, 2.45) is 0 Å². The Labute approximate surface area is 111 Å². The van der Waals surface area contributed by atoms with Crippen molar-refractivity contribution in [1.29, 1.82) is 0 Å². The minimum atomic E-state index is -0.255. The van der Waals surface area contributed by atoms with Gasteiger partial charge < -0.3 is 15.3 Å². The summed E-state index contributed by atoms with van der Waals surface area (Å²) in [5, 5.41) is 11.4. The molecule has 2 amide bonds. The van der Waals surface area contributed by atoms with Gasteiger partial charge in [0.25, 0.3) is 5.91 Å². The summed E-state index contributed by atoms with van der Waals surface area (Å²) in [5.74, 6) is 4.91. The number of aliphatic hydroxyl groups is 1. The van der Waals surface area contributed by atoms with Gasteiger partial charge in [0.2, 0.25) is 5.91 Å². The van der Waals surface area contributed by atoms with Crippen LogP contribution < -0.4 is 5.32 Å². The molecule has 0 aliphatic carbocycles. The molecule has 0 saturated carbocycles. The van der Waals surface area contributed by atoms with E-state index in [1.807, 2.05) is 0 Å². The number of amides is 2. The third kappa shape index (κ3) is 3.12. The molecule has 0 bridgehead atoms. The molecule has 1 fully saturated rings. The maximum Gasteiger partial charge on any atom is 0.255 e. The molecule has 0 unspecified atom stereocenters. The summed E-state index contributed by atoms with van der Waals surface area (Å²) >= 11 is 0. The van der Waals surface area contributed by atoms with E-state index in [2.05, 4.69) is 17.2 Å². The van der Waals surface area contributed by atoms with Gasteiger partial charge in [-0.3, -0.25) is 9.59 Å². The van der Waals surface area contributed by atoms with E-state index in [0.717, 1.165) is 0 Å². The minimum absolute atomic E-state index is 0.0700. The molecular weight excluding hydrogens is 244 g/mol. The van der Waals surface area contributed by atoms with Crippen molar-refractivity contribution >= 4 is 11.8 Å². The average Bonchev–Trinajstić information content (AvgIpc) is 2.44. The van der Waals surface area contributed by atoms with Crippen LogP contribution >= 0.6 is 0 Å². The van der Waals surface area contributed by atoms with Gasteiger partial charge in [-0.15, -0.1) is 0 Å². The van der Waals surface area contributed by atoms with Crippen LogP contribution in [-0.4, -0.2) is 48.1 Å². The zero-order chi connectivity index (χ0) is 13.7. The zero-order valence-electron chi connectivity index (χ0n) is 10.3. The van der Waals surface area contributed by atoms with Crippen LogP contribution in [0.3, 0.4) is 0 Å². The van der Waals surface area contributed by atoms with Crippen LogP contribution in [0.2, 0.25) is 0 Å². The summed E-state index contributed by atoms with van der Waals surface area (Å²) in [6.07, 6.45) is 0. The highest BCUT2D eigenvalue weighted by Crippen LogP contribution is 2.11. The Balaban J connectivity index is 2.25. The summed E-state index contributed by atoms with van der Waals surface area (Å²) in [4.78, 5) is 25.1. The number of carbonyl (C=O) groups is 2. The van der Waals surface area contributed by atoms with E-state index in [-0.39, 0.29) is 25.0 Å². The molecule has 0 spiro atoms. The van der Waals surface area contributed by atoms with Gasteiger partial charge in [-0.1, -0.05) is 24.0 Å². The van der Waals surface area contributed by atoms with Crippen molar-refractivity contribution in [2.45, 2.75) is 0 Å². The van der Waals surface area contributed by atoms with Crippen LogP contribution in [0.5, 0.6) is 0 Å². The highest BCUT2D eigenvalue weighted by molar-refractivity contribution is 5.99. The molecule has 1 heterocycles. The van der Waals surface area contributed by atoms with Crippen LogP contribution in [0.25, 0.3) is 0 Å². The predicted octanol–water partition coefficient (Wildman–Crippen LogP) is -0.398. The molecule has 98 valence electrons. The van der Waals surface area contributed by atoms with E-state index in [1.54, 1.807) is 24.3 Å². The average molecular weight is 258 g/mol. The lowest BCUT2D eigenvalue weighted by atomic mass is 10.1. The van der Waals surface area contributed by atoms with Gasteiger partial charge in [-0.2, -0.15) is 0 Å². The van der Waals surface area contributed by atoms with Gasteiger partial charge in [-0.25, -0.2) is 0 Å². The third-order valence-corrected chi connectivity index (χ3v) is 2.79. The van der Waals surface area contributed by atoms with E-state index in [0.29, 0.717) is 24.2 Å². The molecule has 5 nitrogen and oxygen atoms in total. The monoisotopic (exact) mass is 258 g/mol. The van der Waals surface area contributed by atoms with Crippen LogP contribution in [-0.2, 0) is 4.79 Å². The lowest BCUT2D eigenvalue weighted by Crippen LogP contribution is -2.50. The van der Waals surface area contributed by atoms with Crippen LogP contribution in [0.4, 0.5) is 0 Å². The Bertz CT molecular complexity index is 557. The number of aliphatic hydroxyl groups excluding tert-OH is 1. The molecule has 1 aromatic rings. The van der Waals surface area contributed by atoms with Gasteiger partial charge in [0.1, 0.15) is 6.61 Å². The molecular formula is C14H14N2O3. The lowest BCUT2D eigenvalue weighted by Gasteiger charge is -2.27. The van der Waals surface area contributed by atoms with E-state index in [1.165, 1.54) is 4.90 Å². The highest BCUT2D eigenvalue weighted by atomic mass is 16.2. The number of benzene rings is 1. The normalized spacial score (nSPS) is 14.4. The molecule has 0 radical (unpaired) electrons. The topological polar surface area (TPSA) is 69.6 Å². The molecule has 1 aromatic carbocycles. The Hall–Kier alpha value is -2.32. The van der Waals surface area contributed by atoms with Gasteiger partial charge in [0, 0.05) is 18.7 Å². The second-order valence-electron chi connectivity index (χ2n) is 4.08. The molecule has 0 aromatic heterocycles. The standard InChI is InChI=1S/C14H14N2O3/c17-9-3-5-11-4-1-2-6-12(11)14(19)16-8-7-15-13(18)10-16/h1-2,4,6,17H,7-10H2,(H,15,18). The van der Waals surface area contributed by atoms with E-state index < -0.39 is 0 Å². The Morgan fingerprint density at radius 2 is 2.21 bits per heavy atom. The van der Waals surface area contributed by atoms with Gasteiger partial charge in [-0.05, 0) is 12.1 Å². The quantitative estimate of drug-likeness (QED) is 0.674. The number of carbonyl (C=O) groups excluding carboxylic acids is 2. The molecule has 1 aliphatic heterocycles. The van der Waals surface area contributed by atoms with Crippen molar-refractivity contribution in [3.05, 3.63) is 35.4 Å². The number of hydrogen-bond acceptors (Lipinski definition) is 3. The molecule has 2 rings (SSSR count). The summed E-state index contributed by atoms with van der Waals surface area (Å²) in [6.45, 7) is 0.774. The fourth-order valence-corrected chi connectivity index (χ4v) is 1.90. The second-order valence-corrected chi connectivity index (χ2v) is 4.08. The molecule has 19 heavy (non-hydrogen) atoms. The van der Waals surface area contributed by atoms with Gasteiger partial charge >= 0.3 is 0 Å². The van der Waals surface area contributed by atoms with Crippen molar-refractivity contribution in [3.63, 3.8) is 0 Å². The highest BCUT2D eigenvalue weighted by Gasteiger charge is 2.23. The fourth-order valence-electron chi connectivity index (χ4n) is 1.90. The fraction of sp³-hybridized carbons (Fsp3) is 0.286. The van der Waals surface area contributed by atoms with Crippen molar-refractivity contribution < 1.29 is 14.7 Å². The molecule has 5 heteroatoms. The number of nitrogens with zero attached hydrogens (tertiary/aromatic N) is 1. The minimum Gasteiger partial charge on any atom is -0.384 e. The first kappa shape index (κ1) is 13.1. The summed E-state index contributed by atoms with van der Waals surface area (Å²) in [6, 6.07) is 6.93. The molecule has 1 saturated heterocycles. The van der Waals surface area contributed by atoms with Crippen molar-refractivity contribution in [3.8, 4) is 11.8 Å². The first-order valence-electron chi connectivity index (χ1n) is 5.97. The number of hydrogen-bond donors (Lipinski definition) is 2. The zero-order valence-corrected chi connectivity index (χ0v) is 10.3. The number of rotatable bonds is 1. The number of nitrogens with one attached hydrogen (secondary N) is 1. The first-order valence-corrected chi connectivity index (χ1v) is 5.97. The lowest BCUT2D eigenvalue weighted by molar-refractivity contribution is -0.123. The van der Waals surface area contributed by atoms with Crippen molar-refractivity contribution in [2.75, 3.05) is 26.2 Å². The Morgan fingerprint density at radius 3 is 2.95 bits per heavy atom. The first-order chi connectivity index (χ1) is 9.22. The maximum absolute atomic E-state index is 12.3. The Morgan fingerprint density at radius 1 is 1.42 bits per heavy atom. The van der Waals surface area contributed by atoms with E-state index >= 15 is 0 Å². The summed E-state index contributed by atoms with van der Waals surface area (Å²) < 4.78 is 0. The Kier molecular flexibility index (Phi) is 4.16. The van der Waals surface area contributed by atoms with Crippen molar-refractivity contribution in [1.82, 2.24) is 10.2 Å². The van der Waals surface area contributed by atoms with Crippen LogP contribution in [0, 0.1) is 11.8 Å². The third-order valence-electron chi connectivity index (χ3n) is 2.79. The van der Waals surface area contributed by atoms with Crippen LogP contribution in [0.15, 0.2) is 24.3 Å². The number of piperazine rings is 1. The maximum atomic E-state index is 12.3. The smallest absolute Gasteiger partial charge is 0.255 e. The predicted molar refractivity (Wildman–Crippen MR) is 69.3 cm³/mol. The van der Waals surface area contributed by atoms with Crippen LogP contribution in [0.1, 0.15) is 15.9 Å². The SMILES string of the molecule is O=C1CN(C(=O)c2ccccc2C#CCO)CCN1. The molecule has 1 aliphatic rings. The largest absolute Gasteiger partial charge is 0.384 e. The molecule has 2 N–H and O–H groups in total. The molecule has 0 atom stereocenters. The van der Waals surface area contributed by atoms with E-state index in [9.17, 15) is 9.59 Å².